The largest absolute Gasteiger partial charge is 0.341 e. The monoisotopic (exact) mass is 1080 g/mol. The van der Waals surface area contributed by atoms with E-state index in [0.29, 0.717) is 21.6 Å². The number of nitriles is 6. The summed E-state index contributed by atoms with van der Waals surface area (Å²) >= 11 is 0. The Morgan fingerprint density at radius 1 is 0.361 bits per heavy atom. The van der Waals surface area contributed by atoms with Crippen LogP contribution in [0.1, 0.15) is 113 Å². The molecule has 83 heavy (non-hydrogen) atoms. The molecule has 0 saturated heterocycles. The predicted octanol–water partition coefficient (Wildman–Crippen LogP) is 13.6. The molecular formula is C75H64N8. The lowest BCUT2D eigenvalue weighted by atomic mass is 9.72. The van der Waals surface area contributed by atoms with E-state index >= 15 is 0 Å². The van der Waals surface area contributed by atoms with Crippen LogP contribution in [-0.4, -0.2) is 13.1 Å². The summed E-state index contributed by atoms with van der Waals surface area (Å²) in [7, 11) is 0. The summed E-state index contributed by atoms with van der Waals surface area (Å²) in [5.41, 5.74) is 12.8. The molecule has 0 atom stereocenters. The van der Waals surface area contributed by atoms with E-state index in [4.69, 9.17) is 0 Å². The molecule has 0 fully saturated rings. The topological polar surface area (TPSA) is 149 Å². The van der Waals surface area contributed by atoms with Crippen LogP contribution < -0.4 is 30.7 Å². The van der Waals surface area contributed by atoms with Gasteiger partial charge in [-0.05, 0) is 150 Å². The standard InChI is InChI=1S/C75H64N8/c1-7-9-39-82(63-31-27-59(28-32-63)67(47-80)57-23-19-53(20-24-57)51-11-15-55(16-12-51)61(43-76)44-77)65-35-37-69-71(41-65)75(49-73(69,3)4)50-74(5,6)70-38-36-66(42-72(70)75)83(40-10-8-2)64-33-29-60(30-34-64)68(48-81)58-25-21-54(22-26-58)52-13-17-56(18-14-52)62(45-78)46-79/h11-38,41-42H,7-10,39-40,49-50H2,1-6H3. The highest BCUT2D eigenvalue weighted by molar-refractivity contribution is 5.80. The minimum atomic E-state index is -0.219. The number of fused-ring (bicyclic) bond motifs is 4. The van der Waals surface area contributed by atoms with Gasteiger partial charge in [0.2, 0.25) is 0 Å². The van der Waals surface area contributed by atoms with Gasteiger partial charge < -0.3 is 9.80 Å². The molecule has 8 aromatic rings. The fraction of sp³-hybridized carbons (Fsp3) is 0.227. The zero-order valence-electron chi connectivity index (χ0n) is 48.1. The second kappa shape index (κ2) is 23.5. The third-order valence-electron chi connectivity index (χ3n) is 17.0. The zero-order chi connectivity index (χ0) is 58.5. The molecule has 0 amide bonds. The normalized spacial score (nSPS) is 13.6. The van der Waals surface area contributed by atoms with Crippen molar-refractivity contribution in [2.45, 2.75) is 96.3 Å². The van der Waals surface area contributed by atoms with Crippen LogP contribution >= 0.6 is 0 Å². The number of benzene rings is 8. The Morgan fingerprint density at radius 2 is 0.663 bits per heavy atom. The molecular weight excluding hydrogens is 1010 g/mol. The Hall–Kier alpha value is -10.2. The van der Waals surface area contributed by atoms with E-state index in [2.05, 4.69) is 148 Å². The molecule has 2 aliphatic rings. The van der Waals surface area contributed by atoms with Gasteiger partial charge in [0.15, 0.2) is 0 Å². The summed E-state index contributed by atoms with van der Waals surface area (Å²) in [6.45, 7) is 15.8. The minimum Gasteiger partial charge on any atom is -0.341 e. The van der Waals surface area contributed by atoms with Gasteiger partial charge in [0.05, 0.1) is 11.1 Å². The van der Waals surface area contributed by atoms with E-state index in [-0.39, 0.29) is 27.4 Å². The molecule has 0 heterocycles. The Bertz CT molecular complexity index is 4200. The van der Waals surface area contributed by atoms with Crippen LogP contribution in [0.25, 0.3) is 22.3 Å². The van der Waals surface area contributed by atoms with E-state index in [1.807, 2.05) is 97.1 Å². The smallest absolute Gasteiger partial charge is 0.136 e. The molecule has 0 radical (unpaired) electrons. The van der Waals surface area contributed by atoms with Gasteiger partial charge in [-0.2, -0.15) is 31.6 Å². The van der Waals surface area contributed by atoms with E-state index in [1.54, 1.807) is 24.3 Å². The van der Waals surface area contributed by atoms with Crippen molar-refractivity contribution in [1.29, 1.82) is 31.6 Å². The highest BCUT2D eigenvalue weighted by Gasteiger charge is 2.56. The molecule has 0 bridgehead atoms. The van der Waals surface area contributed by atoms with Crippen LogP contribution in [0.4, 0.5) is 22.7 Å². The number of hydrogen-bond acceptors (Lipinski definition) is 8. The van der Waals surface area contributed by atoms with Crippen molar-refractivity contribution in [1.82, 2.24) is 0 Å². The molecule has 8 nitrogen and oxygen atoms in total. The Labute approximate surface area is 486 Å². The quantitative estimate of drug-likeness (QED) is 0.117. The maximum atomic E-state index is 10.6. The van der Waals surface area contributed by atoms with Gasteiger partial charge in [0, 0.05) is 51.7 Å². The maximum Gasteiger partial charge on any atom is 0.136 e. The number of anilines is 4. The first-order valence-corrected chi connectivity index (χ1v) is 28.6. The molecule has 0 N–H and O–H groups in total. The summed E-state index contributed by atoms with van der Waals surface area (Å²) in [4.78, 5) is 4.91. The van der Waals surface area contributed by atoms with Crippen molar-refractivity contribution in [3.8, 4) is 36.4 Å². The summed E-state index contributed by atoms with van der Waals surface area (Å²) < 4.78 is 0. The van der Waals surface area contributed by atoms with Crippen LogP contribution in [0.15, 0.2) is 182 Å². The van der Waals surface area contributed by atoms with Gasteiger partial charge in [-0.3, -0.25) is 0 Å². The molecule has 0 aliphatic heterocycles. The summed E-state index contributed by atoms with van der Waals surface area (Å²) in [5.74, 6) is 0. The third kappa shape index (κ3) is 10.8. The molecule has 8 aromatic carbocycles. The number of nitrogens with zero attached hydrogens (tertiary/aromatic N) is 8. The second-order valence-electron chi connectivity index (χ2n) is 23.2. The first kappa shape index (κ1) is 56.1. The molecule has 1 spiro atoms. The van der Waals surface area contributed by atoms with Gasteiger partial charge in [0.1, 0.15) is 47.6 Å². The molecule has 0 saturated carbocycles. The summed E-state index contributed by atoms with van der Waals surface area (Å²) in [6.07, 6.45) is 6.12. The fourth-order valence-corrected chi connectivity index (χ4v) is 12.9. The van der Waals surface area contributed by atoms with Gasteiger partial charge >= 0.3 is 0 Å². The van der Waals surface area contributed by atoms with Crippen LogP contribution in [0, 0.1) is 88.9 Å². The molecule has 2 aliphatic carbocycles. The third-order valence-corrected chi connectivity index (χ3v) is 17.0. The van der Waals surface area contributed by atoms with Crippen molar-refractivity contribution >= 4 is 45.0 Å². The lowest BCUT2D eigenvalue weighted by Crippen LogP contribution is -2.27. The molecule has 8 heteroatoms. The summed E-state index contributed by atoms with van der Waals surface area (Å²) in [6, 6.07) is 74.8. The number of rotatable bonds is 12. The van der Waals surface area contributed by atoms with Gasteiger partial charge in [-0.25, -0.2) is 0 Å². The van der Waals surface area contributed by atoms with E-state index < -0.39 is 0 Å². The Morgan fingerprint density at radius 3 is 0.952 bits per heavy atom. The zero-order valence-corrected chi connectivity index (χ0v) is 48.1. The SMILES string of the molecule is CCCCN(c1ccc(C(C#N)=c2ccc(=c3ccc(=C(C#N)C#N)cc3)cc2)cc1)c1ccc2c(c1)C1(CC2(C)C)CC(C)(C)c2ccc(N(CCCC)c3ccc(C(C#N)=c4ccc(=c5ccc(=C(C#N)C#N)cc5)cc4)cc3)cc21. The van der Waals surface area contributed by atoms with E-state index in [0.717, 1.165) is 105 Å². The number of unbranched alkanes of at least 4 members (excludes halogenated alkanes) is 2. The average molecular weight is 1080 g/mol. The lowest BCUT2D eigenvalue weighted by Gasteiger charge is -2.32. The van der Waals surface area contributed by atoms with Gasteiger partial charge in [0.25, 0.3) is 0 Å². The van der Waals surface area contributed by atoms with Crippen molar-refractivity contribution in [3.05, 3.63) is 257 Å². The lowest BCUT2D eigenvalue weighted by molar-refractivity contribution is 0.349. The van der Waals surface area contributed by atoms with Gasteiger partial charge in [-0.15, -0.1) is 0 Å². The molecule has 10 rings (SSSR count). The highest BCUT2D eigenvalue weighted by atomic mass is 15.1. The van der Waals surface area contributed by atoms with Crippen molar-refractivity contribution in [2.24, 2.45) is 0 Å². The van der Waals surface area contributed by atoms with E-state index in [9.17, 15) is 31.6 Å². The average Bonchev–Trinajstić information content (AvgIpc) is 2.20. The Balaban J connectivity index is 0.982. The highest BCUT2D eigenvalue weighted by Crippen LogP contribution is 2.63. The van der Waals surface area contributed by atoms with Crippen molar-refractivity contribution in [3.63, 3.8) is 0 Å². The summed E-state index contributed by atoms with van der Waals surface area (Å²) in [5, 5.41) is 65.0. The first-order valence-electron chi connectivity index (χ1n) is 28.6. The Kier molecular flexibility index (Phi) is 15.9. The molecule has 404 valence electrons. The van der Waals surface area contributed by atoms with Gasteiger partial charge in [-0.1, -0.05) is 188 Å². The second-order valence-corrected chi connectivity index (χ2v) is 23.2. The van der Waals surface area contributed by atoms with Crippen LogP contribution in [0.5, 0.6) is 0 Å². The predicted molar refractivity (Wildman–Crippen MR) is 331 cm³/mol. The fourth-order valence-electron chi connectivity index (χ4n) is 12.9. The van der Waals surface area contributed by atoms with E-state index in [1.165, 1.54) is 33.6 Å². The van der Waals surface area contributed by atoms with Crippen molar-refractivity contribution < 1.29 is 0 Å². The van der Waals surface area contributed by atoms with Crippen LogP contribution in [0.3, 0.4) is 0 Å². The first-order chi connectivity index (χ1) is 40.2. The van der Waals surface area contributed by atoms with Crippen LogP contribution in [0.2, 0.25) is 0 Å². The minimum absolute atomic E-state index is 0.0677. The number of hydrogen-bond donors (Lipinski definition) is 0. The maximum absolute atomic E-state index is 10.6. The van der Waals surface area contributed by atoms with Crippen molar-refractivity contribution in [2.75, 3.05) is 22.9 Å². The van der Waals surface area contributed by atoms with Crippen LogP contribution in [-0.2, 0) is 16.2 Å². The molecule has 0 aromatic heterocycles. The molecule has 0 unspecified atom stereocenters.